The molecule has 4 nitrogen and oxygen atoms in total. The Bertz CT molecular complexity index is 374. The summed E-state index contributed by atoms with van der Waals surface area (Å²) in [5.41, 5.74) is 0.229. The summed E-state index contributed by atoms with van der Waals surface area (Å²) >= 11 is 5.88. The van der Waals surface area contributed by atoms with Crippen LogP contribution < -0.4 is 5.32 Å². The molecule has 1 atom stereocenters. The van der Waals surface area contributed by atoms with Gasteiger partial charge in [-0.1, -0.05) is 30.7 Å². The summed E-state index contributed by atoms with van der Waals surface area (Å²) in [6, 6.07) is 7.35. The van der Waals surface area contributed by atoms with Crippen LogP contribution in [0.4, 0.5) is 0 Å². The summed E-state index contributed by atoms with van der Waals surface area (Å²) < 4.78 is 0. The average Bonchev–Trinajstić information content (AvgIpc) is 2.41. The molecule has 108 valence electrons. The molecule has 0 radical (unpaired) electrons. The molecule has 0 saturated carbocycles. The number of rotatable bonds is 8. The van der Waals surface area contributed by atoms with E-state index in [0.717, 1.165) is 5.56 Å². The Morgan fingerprint density at radius 1 is 1.32 bits per heavy atom. The van der Waals surface area contributed by atoms with Crippen LogP contribution in [0.2, 0.25) is 5.02 Å². The van der Waals surface area contributed by atoms with Gasteiger partial charge in [0.15, 0.2) is 0 Å². The number of hydrogen-bond acceptors (Lipinski definition) is 4. The zero-order valence-electron chi connectivity index (χ0n) is 11.1. The van der Waals surface area contributed by atoms with E-state index in [1.54, 1.807) is 6.07 Å². The molecular formula is C14H22ClNO3. The smallest absolute Gasteiger partial charge is 0.0705 e. The number of aliphatic hydroxyl groups is 3. The number of benzene rings is 1. The number of aliphatic hydroxyl groups excluding tert-OH is 3. The number of β-amino-alcohol motifs (C(OH)–C–C–N with tert-alkyl or cyclic N) is 1. The van der Waals surface area contributed by atoms with Gasteiger partial charge in [0.1, 0.15) is 0 Å². The fourth-order valence-corrected chi connectivity index (χ4v) is 2.07. The first-order valence-electron chi connectivity index (χ1n) is 6.44. The van der Waals surface area contributed by atoms with E-state index in [2.05, 4.69) is 5.32 Å². The number of hydrogen-bond donors (Lipinski definition) is 4. The van der Waals surface area contributed by atoms with Gasteiger partial charge in [-0.2, -0.15) is 0 Å². The molecule has 1 rings (SSSR count). The van der Waals surface area contributed by atoms with Crippen molar-refractivity contribution in [1.29, 1.82) is 0 Å². The Balaban J connectivity index is 2.49. The van der Waals surface area contributed by atoms with E-state index in [-0.39, 0.29) is 13.2 Å². The van der Waals surface area contributed by atoms with Crippen LogP contribution in [0.3, 0.4) is 0 Å². The van der Waals surface area contributed by atoms with Crippen molar-refractivity contribution in [3.8, 4) is 0 Å². The fourth-order valence-electron chi connectivity index (χ4n) is 1.85. The summed E-state index contributed by atoms with van der Waals surface area (Å²) in [5, 5.41) is 32.2. The van der Waals surface area contributed by atoms with Gasteiger partial charge in [-0.25, -0.2) is 0 Å². The second kappa shape index (κ2) is 7.82. The van der Waals surface area contributed by atoms with Crippen LogP contribution in [0.25, 0.3) is 0 Å². The van der Waals surface area contributed by atoms with E-state index >= 15 is 0 Å². The zero-order valence-corrected chi connectivity index (χ0v) is 11.9. The van der Waals surface area contributed by atoms with Crippen LogP contribution in [-0.2, 0) is 6.42 Å². The highest BCUT2D eigenvalue weighted by Crippen LogP contribution is 2.13. The Labute approximate surface area is 119 Å². The van der Waals surface area contributed by atoms with Gasteiger partial charge < -0.3 is 20.6 Å². The molecule has 5 heteroatoms. The lowest BCUT2D eigenvalue weighted by atomic mass is 9.97. The topological polar surface area (TPSA) is 72.7 Å². The van der Waals surface area contributed by atoms with Crippen molar-refractivity contribution in [2.24, 2.45) is 0 Å². The predicted molar refractivity (Wildman–Crippen MR) is 76.4 cm³/mol. The van der Waals surface area contributed by atoms with Crippen LogP contribution in [0, 0.1) is 0 Å². The lowest BCUT2D eigenvalue weighted by Crippen LogP contribution is -2.53. The fraction of sp³-hybridized carbons (Fsp3) is 0.571. The molecule has 0 aliphatic rings. The third-order valence-electron chi connectivity index (χ3n) is 3.36. The van der Waals surface area contributed by atoms with Crippen LogP contribution in [0.5, 0.6) is 0 Å². The molecule has 1 unspecified atom stereocenters. The maximum absolute atomic E-state index is 9.97. The Kier molecular flexibility index (Phi) is 6.75. The highest BCUT2D eigenvalue weighted by molar-refractivity contribution is 6.30. The van der Waals surface area contributed by atoms with E-state index in [1.165, 1.54) is 0 Å². The summed E-state index contributed by atoms with van der Waals surface area (Å²) in [4.78, 5) is 0. The third-order valence-corrected chi connectivity index (χ3v) is 3.59. The lowest BCUT2D eigenvalue weighted by molar-refractivity contribution is 0.0709. The second-order valence-electron chi connectivity index (χ2n) is 4.82. The van der Waals surface area contributed by atoms with Crippen molar-refractivity contribution < 1.29 is 15.3 Å². The first-order valence-corrected chi connectivity index (χ1v) is 6.82. The standard InChI is InChI=1S/C14H22ClNO3/c1-2-14(9-17,10-18)16-8-13(19)7-11-4-3-5-12(15)6-11/h3-6,13,16-19H,2,7-10H2,1H3. The zero-order chi connectivity index (χ0) is 14.3. The molecule has 4 N–H and O–H groups in total. The van der Waals surface area contributed by atoms with Crippen LogP contribution >= 0.6 is 11.6 Å². The van der Waals surface area contributed by atoms with E-state index in [4.69, 9.17) is 11.6 Å². The monoisotopic (exact) mass is 287 g/mol. The largest absolute Gasteiger partial charge is 0.394 e. The SMILES string of the molecule is CCC(CO)(CO)NCC(O)Cc1cccc(Cl)c1. The Hall–Kier alpha value is -0.650. The average molecular weight is 288 g/mol. The first kappa shape index (κ1) is 16.4. The molecule has 0 amide bonds. The molecular weight excluding hydrogens is 266 g/mol. The lowest BCUT2D eigenvalue weighted by Gasteiger charge is -2.31. The normalized spacial score (nSPS) is 13.5. The van der Waals surface area contributed by atoms with E-state index in [0.29, 0.717) is 24.4 Å². The van der Waals surface area contributed by atoms with Gasteiger partial charge in [-0.05, 0) is 30.5 Å². The van der Waals surface area contributed by atoms with E-state index in [1.807, 2.05) is 25.1 Å². The van der Waals surface area contributed by atoms with Gasteiger partial charge in [0, 0.05) is 11.6 Å². The maximum Gasteiger partial charge on any atom is 0.0705 e. The highest BCUT2D eigenvalue weighted by Gasteiger charge is 2.26. The van der Waals surface area contributed by atoms with Gasteiger partial charge in [0.2, 0.25) is 0 Å². The number of halogens is 1. The van der Waals surface area contributed by atoms with Crippen molar-refractivity contribution in [3.63, 3.8) is 0 Å². The van der Waals surface area contributed by atoms with Crippen molar-refractivity contribution >= 4 is 11.6 Å². The van der Waals surface area contributed by atoms with Crippen molar-refractivity contribution in [3.05, 3.63) is 34.9 Å². The summed E-state index contributed by atoms with van der Waals surface area (Å²) in [7, 11) is 0. The molecule has 1 aromatic rings. The summed E-state index contributed by atoms with van der Waals surface area (Å²) in [6.07, 6.45) is 0.469. The van der Waals surface area contributed by atoms with Crippen LogP contribution in [0.15, 0.2) is 24.3 Å². The molecule has 0 spiro atoms. The minimum atomic E-state index is -0.727. The van der Waals surface area contributed by atoms with Gasteiger partial charge in [-0.15, -0.1) is 0 Å². The molecule has 0 aliphatic carbocycles. The minimum Gasteiger partial charge on any atom is -0.394 e. The van der Waals surface area contributed by atoms with Crippen molar-refractivity contribution in [1.82, 2.24) is 5.32 Å². The van der Waals surface area contributed by atoms with E-state index in [9.17, 15) is 15.3 Å². The molecule has 0 fully saturated rings. The minimum absolute atomic E-state index is 0.163. The molecule has 1 aromatic carbocycles. The van der Waals surface area contributed by atoms with Gasteiger partial charge in [-0.3, -0.25) is 0 Å². The van der Waals surface area contributed by atoms with Crippen LogP contribution in [-0.4, -0.2) is 46.7 Å². The Morgan fingerprint density at radius 2 is 2.00 bits per heavy atom. The maximum atomic E-state index is 9.97. The Morgan fingerprint density at radius 3 is 2.53 bits per heavy atom. The molecule has 19 heavy (non-hydrogen) atoms. The molecule has 0 bridgehead atoms. The summed E-state index contributed by atoms with van der Waals surface area (Å²) in [5.74, 6) is 0. The quantitative estimate of drug-likeness (QED) is 0.575. The highest BCUT2D eigenvalue weighted by atomic mass is 35.5. The second-order valence-corrected chi connectivity index (χ2v) is 5.26. The third kappa shape index (κ3) is 5.09. The van der Waals surface area contributed by atoms with Crippen molar-refractivity contribution in [2.75, 3.05) is 19.8 Å². The van der Waals surface area contributed by atoms with Crippen LogP contribution in [0.1, 0.15) is 18.9 Å². The molecule has 0 aromatic heterocycles. The van der Waals surface area contributed by atoms with Gasteiger partial charge >= 0.3 is 0 Å². The summed E-state index contributed by atoms with van der Waals surface area (Å²) in [6.45, 7) is 1.86. The first-order chi connectivity index (χ1) is 9.05. The molecule has 0 saturated heterocycles. The van der Waals surface area contributed by atoms with Gasteiger partial charge in [0.05, 0.1) is 24.9 Å². The van der Waals surface area contributed by atoms with E-state index < -0.39 is 11.6 Å². The molecule has 0 aliphatic heterocycles. The van der Waals surface area contributed by atoms with Gasteiger partial charge in [0.25, 0.3) is 0 Å². The predicted octanol–water partition coefficient (Wildman–Crippen LogP) is 0.966. The van der Waals surface area contributed by atoms with Crippen molar-refractivity contribution in [2.45, 2.75) is 31.4 Å². The molecule has 0 heterocycles. The number of nitrogens with one attached hydrogen (secondary N) is 1.